The van der Waals surface area contributed by atoms with Crippen molar-refractivity contribution in [3.8, 4) is 5.75 Å². The molecule has 0 aliphatic rings. The van der Waals surface area contributed by atoms with Crippen molar-refractivity contribution in [3.05, 3.63) is 34.5 Å². The lowest BCUT2D eigenvalue weighted by atomic mass is 10.3. The molecule has 15 heavy (non-hydrogen) atoms. The van der Waals surface area contributed by atoms with E-state index in [0.717, 1.165) is 12.1 Å². The van der Waals surface area contributed by atoms with Gasteiger partial charge in [0.1, 0.15) is 11.6 Å². The van der Waals surface area contributed by atoms with E-state index in [0.29, 0.717) is 6.07 Å². The molecule has 0 heterocycles. The van der Waals surface area contributed by atoms with E-state index in [9.17, 15) is 17.6 Å². The molecule has 1 aromatic carbocycles. The molecule has 0 radical (unpaired) electrons. The highest BCUT2D eigenvalue weighted by Crippen LogP contribution is 2.27. The summed E-state index contributed by atoms with van der Waals surface area (Å²) >= 11 is 0. The standard InChI is InChI=1S/C7H3F4N3O/c8-5-3-4(15-7(9,10)11)1-2-6(5)13-14-12/h1-3H. The molecule has 0 spiro atoms. The largest absolute Gasteiger partial charge is 0.573 e. The first-order valence-electron chi connectivity index (χ1n) is 3.53. The number of azide groups is 1. The van der Waals surface area contributed by atoms with Crippen LogP contribution in [0.25, 0.3) is 10.4 Å². The molecule has 0 unspecified atom stereocenters. The summed E-state index contributed by atoms with van der Waals surface area (Å²) in [5.41, 5.74) is 7.58. The number of ether oxygens (including phenoxy) is 1. The van der Waals surface area contributed by atoms with Gasteiger partial charge in [-0.3, -0.25) is 0 Å². The average molecular weight is 221 g/mol. The smallest absolute Gasteiger partial charge is 0.406 e. The number of nitrogens with zero attached hydrogens (tertiary/aromatic N) is 3. The summed E-state index contributed by atoms with van der Waals surface area (Å²) in [5, 5.41) is 2.91. The van der Waals surface area contributed by atoms with Gasteiger partial charge in [0, 0.05) is 11.0 Å². The van der Waals surface area contributed by atoms with Gasteiger partial charge in [-0.15, -0.1) is 13.2 Å². The van der Waals surface area contributed by atoms with E-state index in [2.05, 4.69) is 14.8 Å². The maximum atomic E-state index is 12.9. The molecule has 80 valence electrons. The Hall–Kier alpha value is -1.95. The first-order valence-corrected chi connectivity index (χ1v) is 3.53. The van der Waals surface area contributed by atoms with Crippen LogP contribution in [0.2, 0.25) is 0 Å². The van der Waals surface area contributed by atoms with Gasteiger partial charge in [0.05, 0.1) is 5.69 Å². The highest BCUT2D eigenvalue weighted by atomic mass is 19.4. The van der Waals surface area contributed by atoms with Gasteiger partial charge in [-0.1, -0.05) is 5.11 Å². The van der Waals surface area contributed by atoms with Crippen molar-refractivity contribution in [1.82, 2.24) is 0 Å². The Labute approximate surface area is 80.7 Å². The second-order valence-electron chi connectivity index (χ2n) is 2.35. The zero-order valence-corrected chi connectivity index (χ0v) is 6.99. The quantitative estimate of drug-likeness (QED) is 0.325. The Kier molecular flexibility index (Phi) is 3.01. The minimum absolute atomic E-state index is 0.396. The molecule has 0 saturated carbocycles. The third-order valence-electron chi connectivity index (χ3n) is 1.31. The van der Waals surface area contributed by atoms with E-state index < -0.39 is 23.6 Å². The lowest BCUT2D eigenvalue weighted by Gasteiger charge is -2.08. The van der Waals surface area contributed by atoms with Gasteiger partial charge in [-0.05, 0) is 17.7 Å². The summed E-state index contributed by atoms with van der Waals surface area (Å²) < 4.78 is 51.4. The molecule has 0 fully saturated rings. The molecule has 1 aromatic rings. The van der Waals surface area contributed by atoms with Crippen LogP contribution in [0.3, 0.4) is 0 Å². The molecule has 0 atom stereocenters. The molecule has 0 aliphatic carbocycles. The van der Waals surface area contributed by atoms with E-state index in [-0.39, 0.29) is 0 Å². The van der Waals surface area contributed by atoms with Crippen LogP contribution in [-0.4, -0.2) is 6.36 Å². The monoisotopic (exact) mass is 221 g/mol. The number of halogens is 4. The maximum Gasteiger partial charge on any atom is 0.573 e. The van der Waals surface area contributed by atoms with Crippen molar-refractivity contribution < 1.29 is 22.3 Å². The highest BCUT2D eigenvalue weighted by molar-refractivity contribution is 5.42. The van der Waals surface area contributed by atoms with Crippen molar-refractivity contribution in [2.75, 3.05) is 0 Å². The molecule has 0 aromatic heterocycles. The highest BCUT2D eigenvalue weighted by Gasteiger charge is 2.31. The summed E-state index contributed by atoms with van der Waals surface area (Å²) in [6.45, 7) is 0. The van der Waals surface area contributed by atoms with Crippen LogP contribution in [0.4, 0.5) is 23.2 Å². The van der Waals surface area contributed by atoms with Crippen LogP contribution in [0.15, 0.2) is 23.3 Å². The second kappa shape index (κ2) is 4.05. The Morgan fingerprint density at radius 1 is 1.33 bits per heavy atom. The van der Waals surface area contributed by atoms with Crippen molar-refractivity contribution in [2.45, 2.75) is 6.36 Å². The predicted octanol–water partition coefficient (Wildman–Crippen LogP) is 3.67. The van der Waals surface area contributed by atoms with E-state index in [4.69, 9.17) is 5.53 Å². The number of hydrogen-bond acceptors (Lipinski definition) is 2. The van der Waals surface area contributed by atoms with E-state index in [1.54, 1.807) is 0 Å². The van der Waals surface area contributed by atoms with Crippen LogP contribution < -0.4 is 4.74 Å². The molecule has 4 nitrogen and oxygen atoms in total. The molecule has 0 aliphatic heterocycles. The number of alkyl halides is 3. The Balaban J connectivity index is 2.96. The predicted molar refractivity (Wildman–Crippen MR) is 41.9 cm³/mol. The topological polar surface area (TPSA) is 58.0 Å². The fourth-order valence-corrected chi connectivity index (χ4v) is 0.814. The minimum Gasteiger partial charge on any atom is -0.406 e. The van der Waals surface area contributed by atoms with Crippen LogP contribution in [0.5, 0.6) is 5.75 Å². The number of hydrogen-bond donors (Lipinski definition) is 0. The van der Waals surface area contributed by atoms with Crippen LogP contribution in [-0.2, 0) is 0 Å². The van der Waals surface area contributed by atoms with Gasteiger partial charge in [0.25, 0.3) is 0 Å². The molecule has 1 rings (SSSR count). The van der Waals surface area contributed by atoms with Gasteiger partial charge in [0.15, 0.2) is 0 Å². The molecular weight excluding hydrogens is 218 g/mol. The summed E-state index contributed by atoms with van der Waals surface area (Å²) in [6.07, 6.45) is -4.88. The normalized spacial score (nSPS) is 10.7. The summed E-state index contributed by atoms with van der Waals surface area (Å²) in [6, 6.07) is 2.22. The summed E-state index contributed by atoms with van der Waals surface area (Å²) in [4.78, 5) is 2.29. The van der Waals surface area contributed by atoms with Crippen molar-refractivity contribution in [3.63, 3.8) is 0 Å². The van der Waals surface area contributed by atoms with Crippen LogP contribution in [0.1, 0.15) is 0 Å². The van der Waals surface area contributed by atoms with Crippen molar-refractivity contribution in [1.29, 1.82) is 0 Å². The first kappa shape index (κ1) is 11.1. The van der Waals surface area contributed by atoms with Crippen LogP contribution in [0, 0.1) is 5.82 Å². The van der Waals surface area contributed by atoms with Crippen molar-refractivity contribution in [2.24, 2.45) is 5.11 Å². The zero-order chi connectivity index (χ0) is 11.5. The Morgan fingerprint density at radius 2 is 2.00 bits per heavy atom. The molecule has 8 heteroatoms. The molecule has 0 bridgehead atoms. The van der Waals surface area contributed by atoms with Gasteiger partial charge < -0.3 is 4.74 Å². The maximum absolute atomic E-state index is 12.9. The first-order chi connectivity index (χ1) is 6.92. The average Bonchev–Trinajstić information content (AvgIpc) is 2.07. The lowest BCUT2D eigenvalue weighted by molar-refractivity contribution is -0.274. The second-order valence-corrected chi connectivity index (χ2v) is 2.35. The third-order valence-corrected chi connectivity index (χ3v) is 1.31. The molecular formula is C7H3F4N3O. The van der Waals surface area contributed by atoms with Gasteiger partial charge in [-0.25, -0.2) is 4.39 Å². The number of benzene rings is 1. The Bertz CT molecular complexity index is 411. The third kappa shape index (κ3) is 3.35. The molecule has 0 saturated heterocycles. The zero-order valence-electron chi connectivity index (χ0n) is 6.99. The van der Waals surface area contributed by atoms with E-state index in [1.165, 1.54) is 0 Å². The van der Waals surface area contributed by atoms with Gasteiger partial charge >= 0.3 is 6.36 Å². The van der Waals surface area contributed by atoms with E-state index >= 15 is 0 Å². The van der Waals surface area contributed by atoms with E-state index in [1.807, 2.05) is 0 Å². The Morgan fingerprint density at radius 3 is 2.47 bits per heavy atom. The minimum atomic E-state index is -4.88. The lowest BCUT2D eigenvalue weighted by Crippen LogP contribution is -2.17. The fraction of sp³-hybridized carbons (Fsp3) is 0.143. The summed E-state index contributed by atoms with van der Waals surface area (Å²) in [5.74, 6) is -1.80. The fourth-order valence-electron chi connectivity index (χ4n) is 0.814. The molecule has 0 N–H and O–H groups in total. The van der Waals surface area contributed by atoms with Gasteiger partial charge in [-0.2, -0.15) is 0 Å². The van der Waals surface area contributed by atoms with Crippen molar-refractivity contribution >= 4 is 5.69 Å². The SMILES string of the molecule is [N-]=[N+]=Nc1ccc(OC(F)(F)F)cc1F. The van der Waals surface area contributed by atoms with Crippen LogP contribution >= 0.6 is 0 Å². The van der Waals surface area contributed by atoms with Gasteiger partial charge in [0.2, 0.25) is 0 Å². The molecule has 0 amide bonds. The number of rotatable bonds is 2. The summed E-state index contributed by atoms with van der Waals surface area (Å²) in [7, 11) is 0.